The van der Waals surface area contributed by atoms with E-state index in [1.54, 1.807) is 40.1 Å². The highest BCUT2D eigenvalue weighted by Crippen LogP contribution is 2.21. The first kappa shape index (κ1) is 33.8. The molecule has 0 atom stereocenters. The van der Waals surface area contributed by atoms with Crippen molar-refractivity contribution < 1.29 is 22.8 Å². The van der Waals surface area contributed by atoms with Crippen molar-refractivity contribution in [2.45, 2.75) is 75.5 Å². The fraction of sp³-hybridized carbons (Fsp3) is 0.500. The molecule has 240 valence electrons. The standard InChI is InChI=1S/C30H40Cl2N6O5S/c1-30(2,3)35-29(41)38-15-11-24(12-16-38)36-44(42,43)25-6-4-5-20(17-25)27(39)34-23-9-13-37(14-10-23)28(40)33-19-21-7-8-22(31)18-26(21)32/h4-8,17-18,23-24,36H,9-16,19H2,1-3H3,(H,33,40)(H,34,39)(H,35,41). The Balaban J connectivity index is 1.24. The van der Waals surface area contributed by atoms with E-state index >= 15 is 0 Å². The van der Waals surface area contributed by atoms with Gasteiger partial charge in [-0.2, -0.15) is 0 Å². The number of likely N-dealkylation sites (tertiary alicyclic amines) is 2. The van der Waals surface area contributed by atoms with Crippen molar-refractivity contribution in [2.75, 3.05) is 26.2 Å². The Morgan fingerprint density at radius 1 is 0.864 bits per heavy atom. The summed E-state index contributed by atoms with van der Waals surface area (Å²) < 4.78 is 29.0. The van der Waals surface area contributed by atoms with Crippen molar-refractivity contribution in [1.82, 2.24) is 30.5 Å². The second-order valence-electron chi connectivity index (χ2n) is 12.2. The molecule has 0 saturated carbocycles. The number of amides is 5. The van der Waals surface area contributed by atoms with Crippen LogP contribution in [-0.4, -0.2) is 80.0 Å². The molecule has 2 aromatic carbocycles. The maximum Gasteiger partial charge on any atom is 0.317 e. The molecule has 11 nitrogen and oxygen atoms in total. The van der Waals surface area contributed by atoms with Crippen LogP contribution in [0.2, 0.25) is 10.0 Å². The number of hydrogen-bond acceptors (Lipinski definition) is 5. The van der Waals surface area contributed by atoms with Crippen molar-refractivity contribution in [3.8, 4) is 0 Å². The van der Waals surface area contributed by atoms with Gasteiger partial charge in [-0.3, -0.25) is 4.79 Å². The molecule has 2 aliphatic rings. The zero-order chi connectivity index (χ0) is 32.1. The fourth-order valence-corrected chi connectivity index (χ4v) is 6.96. The third-order valence-electron chi connectivity index (χ3n) is 7.56. The molecular formula is C30H40Cl2N6O5S. The number of nitrogens with zero attached hydrogens (tertiary/aromatic N) is 2. The molecule has 2 saturated heterocycles. The highest BCUT2D eigenvalue weighted by Gasteiger charge is 2.29. The number of halogens is 2. The van der Waals surface area contributed by atoms with Gasteiger partial charge in [-0.15, -0.1) is 0 Å². The van der Waals surface area contributed by atoms with E-state index < -0.39 is 10.0 Å². The monoisotopic (exact) mass is 666 g/mol. The van der Waals surface area contributed by atoms with Gasteiger partial charge in [0.1, 0.15) is 0 Å². The number of benzene rings is 2. The largest absolute Gasteiger partial charge is 0.349 e. The van der Waals surface area contributed by atoms with Crippen LogP contribution >= 0.6 is 23.2 Å². The first-order valence-electron chi connectivity index (χ1n) is 14.7. The summed E-state index contributed by atoms with van der Waals surface area (Å²) in [6.45, 7) is 7.79. The minimum absolute atomic E-state index is 0.00494. The van der Waals surface area contributed by atoms with Gasteiger partial charge in [-0.1, -0.05) is 35.3 Å². The summed E-state index contributed by atoms with van der Waals surface area (Å²) in [5, 5.41) is 9.77. The van der Waals surface area contributed by atoms with Gasteiger partial charge >= 0.3 is 12.1 Å². The van der Waals surface area contributed by atoms with Crippen molar-refractivity contribution in [3.63, 3.8) is 0 Å². The molecular weight excluding hydrogens is 627 g/mol. The maximum absolute atomic E-state index is 13.2. The second kappa shape index (κ2) is 14.4. The van der Waals surface area contributed by atoms with E-state index in [1.807, 2.05) is 20.8 Å². The molecule has 4 rings (SSSR count). The highest BCUT2D eigenvalue weighted by atomic mass is 35.5. The van der Waals surface area contributed by atoms with Gasteiger partial charge in [0.25, 0.3) is 5.91 Å². The van der Waals surface area contributed by atoms with Gasteiger partial charge in [0.2, 0.25) is 10.0 Å². The molecule has 2 aromatic rings. The Morgan fingerprint density at radius 3 is 2.09 bits per heavy atom. The smallest absolute Gasteiger partial charge is 0.317 e. The summed E-state index contributed by atoms with van der Waals surface area (Å²) in [6.07, 6.45) is 2.10. The zero-order valence-electron chi connectivity index (χ0n) is 25.2. The molecule has 4 N–H and O–H groups in total. The molecule has 2 heterocycles. The normalized spacial score (nSPS) is 16.8. The van der Waals surface area contributed by atoms with Crippen LogP contribution in [0.15, 0.2) is 47.4 Å². The third-order valence-corrected chi connectivity index (χ3v) is 9.66. The average molecular weight is 668 g/mol. The number of piperidine rings is 2. The van der Waals surface area contributed by atoms with Crippen LogP contribution in [0.25, 0.3) is 0 Å². The summed E-state index contributed by atoms with van der Waals surface area (Å²) in [4.78, 5) is 41.5. The predicted octanol–water partition coefficient (Wildman–Crippen LogP) is 4.35. The van der Waals surface area contributed by atoms with E-state index in [2.05, 4.69) is 20.7 Å². The topological polar surface area (TPSA) is 140 Å². The van der Waals surface area contributed by atoms with E-state index in [9.17, 15) is 22.8 Å². The minimum atomic E-state index is -3.88. The molecule has 0 bridgehead atoms. The van der Waals surface area contributed by atoms with Gasteiger partial charge in [-0.25, -0.2) is 22.7 Å². The van der Waals surface area contributed by atoms with Gasteiger partial charge in [0, 0.05) is 66.0 Å². The lowest BCUT2D eigenvalue weighted by Crippen LogP contribution is -2.53. The molecule has 0 unspecified atom stereocenters. The Bertz CT molecular complexity index is 1470. The van der Waals surface area contributed by atoms with Gasteiger partial charge in [0.15, 0.2) is 0 Å². The van der Waals surface area contributed by atoms with Crippen LogP contribution < -0.4 is 20.7 Å². The van der Waals surface area contributed by atoms with Crippen molar-refractivity contribution in [2.24, 2.45) is 0 Å². The molecule has 0 spiro atoms. The summed E-state index contributed by atoms with van der Waals surface area (Å²) in [6, 6.07) is 10.2. The molecule has 0 radical (unpaired) electrons. The van der Waals surface area contributed by atoms with Gasteiger partial charge in [-0.05, 0) is 82.3 Å². The first-order chi connectivity index (χ1) is 20.7. The summed E-state index contributed by atoms with van der Waals surface area (Å²) in [5.41, 5.74) is 0.647. The van der Waals surface area contributed by atoms with Crippen LogP contribution in [0.1, 0.15) is 62.4 Å². The SMILES string of the molecule is CC(C)(C)NC(=O)N1CCC(NS(=O)(=O)c2cccc(C(=O)NC3CCN(C(=O)NCc4ccc(Cl)cc4Cl)CC3)c2)CC1. The van der Waals surface area contributed by atoms with Crippen molar-refractivity contribution in [3.05, 3.63) is 63.6 Å². The van der Waals surface area contributed by atoms with Gasteiger partial charge in [0.05, 0.1) is 4.90 Å². The molecule has 0 aromatic heterocycles. The van der Waals surface area contributed by atoms with E-state index in [0.29, 0.717) is 61.9 Å². The number of hydrogen-bond donors (Lipinski definition) is 4. The number of nitrogens with one attached hydrogen (secondary N) is 4. The Morgan fingerprint density at radius 2 is 1.48 bits per heavy atom. The summed E-state index contributed by atoms with van der Waals surface area (Å²) >= 11 is 12.1. The quantitative estimate of drug-likeness (QED) is 0.348. The zero-order valence-corrected chi connectivity index (χ0v) is 27.5. The molecule has 2 fully saturated rings. The van der Waals surface area contributed by atoms with Crippen molar-refractivity contribution in [1.29, 1.82) is 0 Å². The Hall–Kier alpha value is -3.06. The van der Waals surface area contributed by atoms with Crippen LogP contribution in [-0.2, 0) is 16.6 Å². The van der Waals surface area contributed by atoms with E-state index in [-0.39, 0.29) is 52.6 Å². The van der Waals surface area contributed by atoms with Crippen LogP contribution in [0.4, 0.5) is 9.59 Å². The fourth-order valence-electron chi connectivity index (χ4n) is 5.14. The van der Waals surface area contributed by atoms with Crippen LogP contribution in [0, 0.1) is 0 Å². The van der Waals surface area contributed by atoms with Crippen LogP contribution in [0.3, 0.4) is 0 Å². The molecule has 14 heteroatoms. The predicted molar refractivity (Wildman–Crippen MR) is 170 cm³/mol. The van der Waals surface area contributed by atoms with Gasteiger partial charge < -0.3 is 25.8 Å². The lowest BCUT2D eigenvalue weighted by molar-refractivity contribution is 0.0917. The molecule has 5 amide bonds. The minimum Gasteiger partial charge on any atom is -0.349 e. The van der Waals surface area contributed by atoms with E-state index in [4.69, 9.17) is 23.2 Å². The number of urea groups is 2. The highest BCUT2D eigenvalue weighted by molar-refractivity contribution is 7.89. The maximum atomic E-state index is 13.2. The lowest BCUT2D eigenvalue weighted by atomic mass is 10.0. The molecule has 0 aliphatic carbocycles. The number of sulfonamides is 1. The summed E-state index contributed by atoms with van der Waals surface area (Å²) in [7, 11) is -3.88. The number of carbonyl (C=O) groups excluding carboxylic acids is 3. The second-order valence-corrected chi connectivity index (χ2v) is 14.8. The lowest BCUT2D eigenvalue weighted by Gasteiger charge is -2.34. The number of carbonyl (C=O) groups is 3. The summed E-state index contributed by atoms with van der Waals surface area (Å²) in [5.74, 6) is -0.375. The molecule has 44 heavy (non-hydrogen) atoms. The first-order valence-corrected chi connectivity index (χ1v) is 16.9. The third kappa shape index (κ3) is 9.47. The Kier molecular flexibility index (Phi) is 11.0. The average Bonchev–Trinajstić information content (AvgIpc) is 2.96. The molecule has 2 aliphatic heterocycles. The number of rotatable bonds is 7. The Labute approximate surface area is 269 Å². The van der Waals surface area contributed by atoms with Crippen molar-refractivity contribution >= 4 is 51.2 Å². The van der Waals surface area contributed by atoms with E-state index in [0.717, 1.165) is 5.56 Å². The van der Waals surface area contributed by atoms with Crippen LogP contribution in [0.5, 0.6) is 0 Å². The van der Waals surface area contributed by atoms with E-state index in [1.165, 1.54) is 12.1 Å².